The highest BCUT2D eigenvalue weighted by molar-refractivity contribution is 5.74. The van der Waals surface area contributed by atoms with Crippen molar-refractivity contribution in [2.75, 3.05) is 13.2 Å². The van der Waals surface area contributed by atoms with Gasteiger partial charge in [-0.15, -0.1) is 0 Å². The molecule has 6 unspecified atom stereocenters. The lowest BCUT2D eigenvalue weighted by atomic mass is 9.98. The van der Waals surface area contributed by atoms with E-state index in [2.05, 4.69) is 118 Å². The van der Waals surface area contributed by atoms with Gasteiger partial charge in [-0.05, 0) is 116 Å². The average molecular weight is 1220 g/mol. The highest BCUT2D eigenvalue weighted by Gasteiger charge is 2.50. The van der Waals surface area contributed by atoms with Crippen molar-refractivity contribution in [1.82, 2.24) is 0 Å². The monoisotopic (exact) mass is 1220 g/mol. The summed E-state index contributed by atoms with van der Waals surface area (Å²) in [6.45, 7) is 5.82. The summed E-state index contributed by atoms with van der Waals surface area (Å²) in [6.07, 6.45) is 71.9. The predicted octanol–water partition coefficient (Wildman–Crippen LogP) is 19.4. The number of unbranched alkanes of at least 4 members (excludes halogenated alkanes) is 27. The summed E-state index contributed by atoms with van der Waals surface area (Å²) in [5, 5.41) is 31.7. The van der Waals surface area contributed by atoms with Crippen molar-refractivity contribution < 1.29 is 58.2 Å². The van der Waals surface area contributed by atoms with Gasteiger partial charge < -0.3 is 39.0 Å². The number of carbonyl (C=O) groups is 4. The molecule has 1 heterocycles. The van der Waals surface area contributed by atoms with E-state index in [0.717, 1.165) is 109 Å². The second-order valence-electron chi connectivity index (χ2n) is 23.4. The number of ether oxygens (including phenoxy) is 5. The van der Waals surface area contributed by atoms with Gasteiger partial charge in [-0.3, -0.25) is 14.4 Å². The van der Waals surface area contributed by atoms with Crippen LogP contribution in [0.1, 0.15) is 290 Å². The topological polar surface area (TPSA) is 175 Å². The van der Waals surface area contributed by atoms with Crippen molar-refractivity contribution in [2.45, 2.75) is 327 Å². The minimum Gasteiger partial charge on any atom is -0.479 e. The zero-order valence-corrected chi connectivity index (χ0v) is 55.0. The summed E-state index contributed by atoms with van der Waals surface area (Å²) in [4.78, 5) is 51.5. The average Bonchev–Trinajstić information content (AvgIpc) is 2.56. The van der Waals surface area contributed by atoms with Gasteiger partial charge in [-0.25, -0.2) is 4.79 Å². The Morgan fingerprint density at radius 2 is 0.747 bits per heavy atom. The quantitative estimate of drug-likeness (QED) is 0.0228. The number of carboxylic acid groups (broad SMARTS) is 1. The van der Waals surface area contributed by atoms with Crippen molar-refractivity contribution in [2.24, 2.45) is 0 Å². The lowest BCUT2D eigenvalue weighted by Gasteiger charge is -2.40. The van der Waals surface area contributed by atoms with Crippen LogP contribution in [0.4, 0.5) is 0 Å². The zero-order chi connectivity index (χ0) is 63.1. The largest absolute Gasteiger partial charge is 0.479 e. The first kappa shape index (κ1) is 80.4. The number of hydrogen-bond acceptors (Lipinski definition) is 11. The van der Waals surface area contributed by atoms with Gasteiger partial charge in [0.1, 0.15) is 18.8 Å². The summed E-state index contributed by atoms with van der Waals surface area (Å²) in [7, 11) is 0. The van der Waals surface area contributed by atoms with Crippen LogP contribution < -0.4 is 0 Å². The molecule has 496 valence electrons. The van der Waals surface area contributed by atoms with E-state index in [4.69, 9.17) is 23.7 Å². The number of aliphatic hydroxyl groups excluding tert-OH is 2. The summed E-state index contributed by atoms with van der Waals surface area (Å²) < 4.78 is 28.5. The lowest BCUT2D eigenvalue weighted by Crippen LogP contribution is -2.61. The van der Waals surface area contributed by atoms with Crippen molar-refractivity contribution in [3.8, 4) is 0 Å². The maximum atomic E-state index is 13.2. The van der Waals surface area contributed by atoms with E-state index in [1.165, 1.54) is 122 Å². The first-order valence-electron chi connectivity index (χ1n) is 34.9. The van der Waals surface area contributed by atoms with Crippen LogP contribution in [0, 0.1) is 0 Å². The van der Waals surface area contributed by atoms with E-state index < -0.39 is 67.3 Å². The van der Waals surface area contributed by atoms with E-state index in [1.807, 2.05) is 12.2 Å². The van der Waals surface area contributed by atoms with Gasteiger partial charge in [-0.1, -0.05) is 265 Å². The third kappa shape index (κ3) is 50.9. The van der Waals surface area contributed by atoms with Gasteiger partial charge in [0.2, 0.25) is 0 Å². The van der Waals surface area contributed by atoms with E-state index in [-0.39, 0.29) is 25.9 Å². The number of allylic oxidation sites excluding steroid dienone is 18. The molecule has 0 aromatic heterocycles. The molecule has 0 bridgehead atoms. The van der Waals surface area contributed by atoms with Crippen LogP contribution in [0.3, 0.4) is 0 Å². The third-order valence-corrected chi connectivity index (χ3v) is 15.3. The van der Waals surface area contributed by atoms with E-state index in [1.54, 1.807) is 0 Å². The second-order valence-corrected chi connectivity index (χ2v) is 23.4. The van der Waals surface area contributed by atoms with Crippen molar-refractivity contribution >= 4 is 23.9 Å². The molecule has 0 aliphatic carbocycles. The van der Waals surface area contributed by atoms with E-state index >= 15 is 0 Å². The Balaban J connectivity index is 2.69. The maximum Gasteiger partial charge on any atom is 0.335 e. The second kappa shape index (κ2) is 61.6. The summed E-state index contributed by atoms with van der Waals surface area (Å²) in [5.74, 6) is -3.23. The van der Waals surface area contributed by atoms with Crippen LogP contribution >= 0.6 is 0 Å². The molecule has 1 rings (SSSR count). The van der Waals surface area contributed by atoms with Crippen LogP contribution in [0.15, 0.2) is 109 Å². The number of esters is 3. The number of aliphatic carboxylic acids is 1. The number of carbonyl (C=O) groups excluding carboxylic acids is 3. The van der Waals surface area contributed by atoms with Crippen LogP contribution in [-0.4, -0.2) is 89.2 Å². The fraction of sp³-hybridized carbons (Fsp3) is 0.707. The Kier molecular flexibility index (Phi) is 56.9. The molecule has 0 aromatic carbocycles. The number of carboxylic acids is 1. The molecule has 12 nitrogen and oxygen atoms in total. The molecule has 12 heteroatoms. The molecule has 1 aliphatic heterocycles. The lowest BCUT2D eigenvalue weighted by molar-refractivity contribution is -0.301. The molecule has 0 radical (unpaired) electrons. The summed E-state index contributed by atoms with van der Waals surface area (Å²) >= 11 is 0. The Labute approximate surface area is 529 Å². The molecule has 0 amide bonds. The molecule has 1 aliphatic rings. The van der Waals surface area contributed by atoms with Crippen LogP contribution in [-0.2, 0) is 42.9 Å². The van der Waals surface area contributed by atoms with Crippen molar-refractivity contribution in [3.05, 3.63) is 109 Å². The van der Waals surface area contributed by atoms with Crippen LogP contribution in [0.25, 0.3) is 0 Å². The molecule has 0 spiro atoms. The Morgan fingerprint density at radius 1 is 0.391 bits per heavy atom. The molecule has 0 aromatic rings. The number of hydrogen-bond donors (Lipinski definition) is 3. The minimum absolute atomic E-state index is 0.0444. The fourth-order valence-electron chi connectivity index (χ4n) is 10.0. The first-order chi connectivity index (χ1) is 42.6. The van der Waals surface area contributed by atoms with Gasteiger partial charge >= 0.3 is 23.9 Å². The zero-order valence-electron chi connectivity index (χ0n) is 55.0. The van der Waals surface area contributed by atoms with Crippen LogP contribution in [0.5, 0.6) is 0 Å². The van der Waals surface area contributed by atoms with Gasteiger partial charge in [0.15, 0.2) is 24.6 Å². The fourth-order valence-corrected chi connectivity index (χ4v) is 10.0. The van der Waals surface area contributed by atoms with Crippen molar-refractivity contribution in [3.63, 3.8) is 0 Å². The summed E-state index contributed by atoms with van der Waals surface area (Å²) in [6, 6.07) is 0. The molecular weight excluding hydrogens is 1090 g/mol. The maximum absolute atomic E-state index is 13.2. The molecule has 3 N–H and O–H groups in total. The Morgan fingerprint density at radius 3 is 1.18 bits per heavy atom. The Bertz CT molecular complexity index is 1930. The molecular formula is C75H124O12. The first-order valence-corrected chi connectivity index (χ1v) is 34.9. The predicted molar refractivity (Wildman–Crippen MR) is 358 cm³/mol. The molecule has 0 saturated carbocycles. The standard InChI is InChI=1S/C75H124O12/c1-4-7-10-13-16-19-22-25-28-31-34-37-40-43-46-49-52-55-58-61-67(76)83-64-66(85-68(77)62-59-56-53-50-47-44-41-38-35-32-29-26-23-20-17-14-11-8-5-2)65-84-75-73(71(80)70(79)72(87-75)74(81)82)86-69(78)63-60-57-54-51-48-45-42-39-36-33-30-27-24-21-18-15-12-9-6-3/h7,10,16,18-19,21,25-30,34,37,43,46,52,55,66,70-73,75,79-80H,4-6,8-9,11-15,17,20,22-24,31-33,35-36,38-42,44-45,47-51,53-54,56-65H2,1-3H3,(H,81,82)/b10-7-,19-16-,21-18-,28-25-,29-26-,30-27-,37-34-,46-43-,55-52-. The highest BCUT2D eigenvalue weighted by Crippen LogP contribution is 2.27. The van der Waals surface area contributed by atoms with E-state index in [9.17, 15) is 34.5 Å². The molecule has 87 heavy (non-hydrogen) atoms. The Hall–Kier alpha value is -4.62. The molecule has 1 fully saturated rings. The minimum atomic E-state index is -1.92. The normalized spacial score (nSPS) is 18.0. The van der Waals surface area contributed by atoms with Crippen molar-refractivity contribution in [1.29, 1.82) is 0 Å². The molecule has 1 saturated heterocycles. The number of rotatable bonds is 59. The smallest absolute Gasteiger partial charge is 0.335 e. The molecule has 6 atom stereocenters. The highest BCUT2D eigenvalue weighted by atomic mass is 16.7. The van der Waals surface area contributed by atoms with Gasteiger partial charge in [0.05, 0.1) is 6.61 Å². The van der Waals surface area contributed by atoms with E-state index in [0.29, 0.717) is 19.3 Å². The SMILES string of the molecule is CC/C=C\C/C=C\C/C=C\C/C=C\C/C=C\C/C=C\CCC(=O)OCC(COC1OC(C(=O)O)C(O)C(O)C1OC(=O)CCCCCCCCCCC/C=C\C/C=C\CCCCC)OC(=O)CCCCCCCCCCC/C=C\CCCCCCCC. The van der Waals surface area contributed by atoms with Gasteiger partial charge in [0, 0.05) is 19.3 Å². The number of aliphatic hydroxyl groups is 2. The third-order valence-electron chi connectivity index (χ3n) is 15.3. The van der Waals surface area contributed by atoms with Gasteiger partial charge in [0.25, 0.3) is 0 Å². The summed E-state index contributed by atoms with van der Waals surface area (Å²) in [5.41, 5.74) is 0. The van der Waals surface area contributed by atoms with Crippen LogP contribution in [0.2, 0.25) is 0 Å². The van der Waals surface area contributed by atoms with Gasteiger partial charge in [-0.2, -0.15) is 0 Å².